The summed E-state index contributed by atoms with van der Waals surface area (Å²) in [6.45, 7) is 13.0. The molecule has 1 aliphatic heterocycles. The van der Waals surface area contributed by atoms with Crippen molar-refractivity contribution in [2.75, 3.05) is 38.2 Å². The number of hydrogen-bond acceptors (Lipinski definition) is 4. The lowest BCUT2D eigenvalue weighted by Crippen LogP contribution is -2.79. The predicted molar refractivity (Wildman–Crippen MR) is 118 cm³/mol. The Kier molecular flexibility index (Phi) is 4.91. The van der Waals surface area contributed by atoms with Crippen LogP contribution in [0.5, 0.6) is 5.75 Å². The van der Waals surface area contributed by atoms with Crippen LogP contribution in [0.25, 0.3) is 0 Å². The maximum atomic E-state index is 12.0. The summed E-state index contributed by atoms with van der Waals surface area (Å²) in [5.74, 6) is 0.820. The number of aliphatic hydroxyl groups is 1. The average molecular weight is 395 g/mol. The van der Waals surface area contributed by atoms with Crippen molar-refractivity contribution in [1.82, 2.24) is 4.90 Å². The van der Waals surface area contributed by atoms with E-state index in [1.807, 2.05) is 24.3 Å². The molecule has 1 heterocycles. The van der Waals surface area contributed by atoms with E-state index in [-0.39, 0.29) is 10.8 Å². The van der Waals surface area contributed by atoms with Gasteiger partial charge in [-0.2, -0.15) is 0 Å². The number of rotatable bonds is 4. The van der Waals surface area contributed by atoms with Crippen LogP contribution in [0.2, 0.25) is 0 Å². The number of ether oxygens (including phenoxy) is 1. The van der Waals surface area contributed by atoms with Gasteiger partial charge in [-0.25, -0.2) is 0 Å². The summed E-state index contributed by atoms with van der Waals surface area (Å²) in [4.78, 5) is 5.06. The van der Waals surface area contributed by atoms with Gasteiger partial charge >= 0.3 is 0 Å². The van der Waals surface area contributed by atoms with E-state index in [9.17, 15) is 5.11 Å². The second kappa shape index (κ2) is 7.03. The van der Waals surface area contributed by atoms with Gasteiger partial charge in [-0.3, -0.25) is 4.90 Å². The summed E-state index contributed by atoms with van der Waals surface area (Å²) in [5.41, 5.74) is 0.898. The molecule has 1 saturated heterocycles. The summed E-state index contributed by atoms with van der Waals surface area (Å²) in [7, 11) is 1.67. The van der Waals surface area contributed by atoms with Crippen molar-refractivity contribution < 1.29 is 9.84 Å². The molecule has 0 atom stereocenters. The smallest absolute Gasteiger partial charge is 0.118 e. The molecule has 2 aliphatic rings. The predicted octanol–water partition coefficient (Wildman–Crippen LogP) is 4.14. The lowest BCUT2D eigenvalue weighted by molar-refractivity contribution is -0.307. The van der Waals surface area contributed by atoms with Gasteiger partial charge < -0.3 is 14.7 Å². The number of benzene rings is 2. The van der Waals surface area contributed by atoms with Gasteiger partial charge in [0.15, 0.2) is 0 Å². The molecule has 29 heavy (non-hydrogen) atoms. The molecule has 0 bridgehead atoms. The fraction of sp³-hybridized carbons (Fsp3) is 0.520. The summed E-state index contributed by atoms with van der Waals surface area (Å²) in [6.07, 6.45) is 0. The number of para-hydroxylation sites is 1. The van der Waals surface area contributed by atoms with Crippen LogP contribution in [-0.2, 0) is 5.60 Å². The second-order valence-corrected chi connectivity index (χ2v) is 9.64. The molecule has 0 unspecified atom stereocenters. The number of piperazine rings is 1. The molecule has 0 radical (unpaired) electrons. The van der Waals surface area contributed by atoms with E-state index < -0.39 is 5.60 Å². The first kappa shape index (κ1) is 20.2. The van der Waals surface area contributed by atoms with Crippen LogP contribution in [0.4, 0.5) is 5.69 Å². The monoisotopic (exact) mass is 394 g/mol. The maximum Gasteiger partial charge on any atom is 0.118 e. The lowest BCUT2D eigenvalue weighted by Gasteiger charge is -2.72. The van der Waals surface area contributed by atoms with Crippen LogP contribution < -0.4 is 9.64 Å². The highest BCUT2D eigenvalue weighted by molar-refractivity contribution is 5.46. The van der Waals surface area contributed by atoms with Crippen LogP contribution in [-0.4, -0.2) is 49.3 Å². The Bertz CT molecular complexity index is 821. The average Bonchev–Trinajstić information content (AvgIpc) is 2.74. The minimum Gasteiger partial charge on any atom is -0.497 e. The van der Waals surface area contributed by atoms with Gasteiger partial charge in [0.1, 0.15) is 11.4 Å². The van der Waals surface area contributed by atoms with Gasteiger partial charge in [0.2, 0.25) is 0 Å². The Morgan fingerprint density at radius 1 is 0.828 bits per heavy atom. The van der Waals surface area contributed by atoms with E-state index in [0.29, 0.717) is 6.04 Å². The number of nitrogens with zero attached hydrogens (tertiary/aromatic N) is 2. The SMILES string of the molecule is COc1ccc(C2(O)C(C)(C)C(N3CCN(c4ccccc4)CC3)C2(C)C)cc1. The molecular weight excluding hydrogens is 360 g/mol. The Morgan fingerprint density at radius 2 is 1.38 bits per heavy atom. The summed E-state index contributed by atoms with van der Waals surface area (Å²) >= 11 is 0. The van der Waals surface area contributed by atoms with Crippen LogP contribution >= 0.6 is 0 Å². The van der Waals surface area contributed by atoms with Crippen LogP contribution in [0.3, 0.4) is 0 Å². The zero-order valence-electron chi connectivity index (χ0n) is 18.4. The Labute approximate surface area is 175 Å². The molecule has 1 aliphatic carbocycles. The van der Waals surface area contributed by atoms with Crippen molar-refractivity contribution >= 4 is 5.69 Å². The zero-order chi connectivity index (χ0) is 20.9. The van der Waals surface area contributed by atoms with E-state index in [4.69, 9.17) is 4.74 Å². The topological polar surface area (TPSA) is 35.9 Å². The molecule has 2 aromatic carbocycles. The number of hydrogen-bond donors (Lipinski definition) is 1. The first-order chi connectivity index (χ1) is 13.7. The highest BCUT2D eigenvalue weighted by atomic mass is 16.5. The van der Waals surface area contributed by atoms with E-state index in [2.05, 4.69) is 67.8 Å². The van der Waals surface area contributed by atoms with Crippen molar-refractivity contribution in [3.05, 3.63) is 60.2 Å². The first-order valence-corrected chi connectivity index (χ1v) is 10.6. The summed E-state index contributed by atoms with van der Waals surface area (Å²) in [5, 5.41) is 12.0. The van der Waals surface area contributed by atoms with Gasteiger partial charge in [0, 0.05) is 48.7 Å². The minimum absolute atomic E-state index is 0.250. The van der Waals surface area contributed by atoms with E-state index in [0.717, 1.165) is 37.5 Å². The molecule has 2 fully saturated rings. The highest BCUT2D eigenvalue weighted by Gasteiger charge is 2.73. The molecule has 1 saturated carbocycles. The Hall–Kier alpha value is -2.04. The van der Waals surface area contributed by atoms with E-state index in [1.54, 1.807) is 7.11 Å². The number of anilines is 1. The van der Waals surface area contributed by atoms with Gasteiger partial charge in [-0.15, -0.1) is 0 Å². The maximum absolute atomic E-state index is 12.0. The third-order valence-electron chi connectivity index (χ3n) is 7.54. The Balaban J connectivity index is 1.54. The van der Waals surface area contributed by atoms with E-state index in [1.165, 1.54) is 5.69 Å². The minimum atomic E-state index is -0.881. The standard InChI is InChI=1S/C25H34N2O2/c1-23(2)22(27-17-15-26(16-18-27)20-9-7-6-8-10-20)24(3,4)25(23,28)19-11-13-21(29-5)14-12-19/h6-14,22,28H,15-18H2,1-5H3. The van der Waals surface area contributed by atoms with Gasteiger partial charge in [-0.1, -0.05) is 58.0 Å². The van der Waals surface area contributed by atoms with Crippen molar-refractivity contribution in [3.8, 4) is 5.75 Å². The van der Waals surface area contributed by atoms with Gasteiger partial charge in [-0.05, 0) is 29.8 Å². The summed E-state index contributed by atoms with van der Waals surface area (Å²) < 4.78 is 5.31. The molecule has 0 spiro atoms. The zero-order valence-corrected chi connectivity index (χ0v) is 18.4. The molecule has 0 amide bonds. The van der Waals surface area contributed by atoms with Crippen molar-refractivity contribution in [2.24, 2.45) is 10.8 Å². The van der Waals surface area contributed by atoms with Crippen LogP contribution in [0.15, 0.2) is 54.6 Å². The van der Waals surface area contributed by atoms with Crippen LogP contribution in [0, 0.1) is 10.8 Å². The highest BCUT2D eigenvalue weighted by Crippen LogP contribution is 2.68. The Morgan fingerprint density at radius 3 is 1.90 bits per heavy atom. The first-order valence-electron chi connectivity index (χ1n) is 10.6. The fourth-order valence-electron chi connectivity index (χ4n) is 6.42. The summed E-state index contributed by atoms with van der Waals surface area (Å²) in [6, 6.07) is 18.9. The fourth-order valence-corrected chi connectivity index (χ4v) is 6.42. The second-order valence-electron chi connectivity index (χ2n) is 9.64. The van der Waals surface area contributed by atoms with Crippen molar-refractivity contribution in [3.63, 3.8) is 0 Å². The molecule has 4 heteroatoms. The van der Waals surface area contributed by atoms with Crippen molar-refractivity contribution in [2.45, 2.75) is 39.3 Å². The van der Waals surface area contributed by atoms with Gasteiger partial charge in [0.05, 0.1) is 7.11 Å². The van der Waals surface area contributed by atoms with Crippen LogP contribution in [0.1, 0.15) is 33.3 Å². The molecule has 2 aromatic rings. The molecule has 1 N–H and O–H groups in total. The number of methoxy groups -OCH3 is 1. The lowest BCUT2D eigenvalue weighted by atomic mass is 9.39. The molecule has 4 nitrogen and oxygen atoms in total. The largest absolute Gasteiger partial charge is 0.497 e. The molecule has 156 valence electrons. The van der Waals surface area contributed by atoms with E-state index >= 15 is 0 Å². The van der Waals surface area contributed by atoms with Gasteiger partial charge in [0.25, 0.3) is 0 Å². The normalized spacial score (nSPS) is 28.6. The quantitative estimate of drug-likeness (QED) is 0.845. The van der Waals surface area contributed by atoms with Crippen molar-refractivity contribution in [1.29, 1.82) is 0 Å². The molecule has 4 rings (SSSR count). The molecular formula is C25H34N2O2. The third kappa shape index (κ3) is 2.88. The third-order valence-corrected chi connectivity index (χ3v) is 7.54. The molecule has 0 aromatic heterocycles.